The smallest absolute Gasteiger partial charge is 0.337 e. The first-order chi connectivity index (χ1) is 9.44. The lowest BCUT2D eigenvalue weighted by Crippen LogP contribution is -2.54. The van der Waals surface area contributed by atoms with Crippen molar-refractivity contribution in [1.29, 1.82) is 0 Å². The maximum Gasteiger partial charge on any atom is 0.337 e. The Kier molecular flexibility index (Phi) is 4.45. The Morgan fingerprint density at radius 2 is 2.15 bits per heavy atom. The van der Waals surface area contributed by atoms with Crippen molar-refractivity contribution in [3.8, 4) is 0 Å². The Labute approximate surface area is 125 Å². The number of rotatable bonds is 3. The van der Waals surface area contributed by atoms with Gasteiger partial charge in [-0.05, 0) is 60.8 Å². The Hall–Kier alpha value is -1.40. The van der Waals surface area contributed by atoms with Gasteiger partial charge in [-0.25, -0.2) is 4.79 Å². The molecule has 1 fully saturated rings. The van der Waals surface area contributed by atoms with E-state index in [2.05, 4.69) is 26.6 Å². The van der Waals surface area contributed by atoms with Crippen molar-refractivity contribution in [2.45, 2.75) is 31.7 Å². The lowest BCUT2D eigenvalue weighted by molar-refractivity contribution is -0.122. The van der Waals surface area contributed by atoms with Crippen LogP contribution < -0.4 is 10.6 Å². The average molecular weight is 341 g/mol. The summed E-state index contributed by atoms with van der Waals surface area (Å²) in [6, 6.07) is 4.81. The zero-order chi connectivity index (χ0) is 14.8. The molecule has 6 heteroatoms. The summed E-state index contributed by atoms with van der Waals surface area (Å²) in [6.45, 7) is 2.64. The van der Waals surface area contributed by atoms with Gasteiger partial charge in [-0.3, -0.25) is 4.79 Å². The first kappa shape index (κ1) is 15.0. The Balaban J connectivity index is 2.25. The quantitative estimate of drug-likeness (QED) is 0.790. The second-order valence-electron chi connectivity index (χ2n) is 5.14. The highest BCUT2D eigenvalue weighted by Gasteiger charge is 2.35. The molecule has 1 unspecified atom stereocenters. The summed E-state index contributed by atoms with van der Waals surface area (Å²) in [6.07, 6.45) is 2.78. The number of carbonyl (C=O) groups is 2. The van der Waals surface area contributed by atoms with Gasteiger partial charge in [0.05, 0.1) is 16.8 Å². The van der Waals surface area contributed by atoms with Crippen LogP contribution in [0.5, 0.6) is 0 Å². The summed E-state index contributed by atoms with van der Waals surface area (Å²) in [5.74, 6) is -1.27. The number of amides is 1. The van der Waals surface area contributed by atoms with E-state index in [0.29, 0.717) is 10.2 Å². The molecule has 1 aromatic rings. The van der Waals surface area contributed by atoms with Gasteiger partial charge >= 0.3 is 5.97 Å². The van der Waals surface area contributed by atoms with Crippen LogP contribution in [0.3, 0.4) is 0 Å². The molecule has 1 amide bonds. The minimum atomic E-state index is -1.07. The van der Waals surface area contributed by atoms with Crippen molar-refractivity contribution >= 4 is 33.5 Å². The molecular formula is C14H17BrN2O3. The van der Waals surface area contributed by atoms with Gasteiger partial charge < -0.3 is 15.7 Å². The Bertz CT molecular complexity index is 539. The van der Waals surface area contributed by atoms with E-state index in [1.54, 1.807) is 12.1 Å². The number of nitrogens with one attached hydrogen (secondary N) is 2. The molecule has 1 saturated heterocycles. The number of hydrogen-bond donors (Lipinski definition) is 3. The molecule has 0 spiro atoms. The number of para-hydroxylation sites is 1. The van der Waals surface area contributed by atoms with E-state index in [9.17, 15) is 14.7 Å². The minimum absolute atomic E-state index is 0.0761. The van der Waals surface area contributed by atoms with Crippen LogP contribution >= 0.6 is 15.9 Å². The third kappa shape index (κ3) is 3.02. The number of hydrogen-bond acceptors (Lipinski definition) is 3. The molecule has 1 aliphatic rings. The zero-order valence-electron chi connectivity index (χ0n) is 11.2. The third-order valence-electron chi connectivity index (χ3n) is 3.60. The minimum Gasteiger partial charge on any atom is -0.478 e. The standard InChI is InChI=1S/C14H17BrN2O3/c1-14(7-2-3-8-16-14)13(20)17-11-9(12(18)19)5-4-6-10(11)15/h4-6,16H,2-3,7-8H2,1H3,(H,17,20)(H,18,19). The highest BCUT2D eigenvalue weighted by atomic mass is 79.9. The van der Waals surface area contributed by atoms with Gasteiger partial charge in [0.2, 0.25) is 5.91 Å². The van der Waals surface area contributed by atoms with E-state index in [1.165, 1.54) is 6.07 Å². The van der Waals surface area contributed by atoms with E-state index >= 15 is 0 Å². The monoisotopic (exact) mass is 340 g/mol. The van der Waals surface area contributed by atoms with Gasteiger partial charge in [0.1, 0.15) is 0 Å². The van der Waals surface area contributed by atoms with E-state index in [4.69, 9.17) is 0 Å². The molecule has 0 saturated carbocycles. The maximum atomic E-state index is 12.4. The van der Waals surface area contributed by atoms with Gasteiger partial charge in [-0.1, -0.05) is 6.07 Å². The van der Waals surface area contributed by atoms with Crippen LogP contribution in [0.4, 0.5) is 5.69 Å². The summed E-state index contributed by atoms with van der Waals surface area (Å²) < 4.78 is 0.560. The van der Waals surface area contributed by atoms with E-state index < -0.39 is 11.5 Å². The number of carboxylic acid groups (broad SMARTS) is 1. The molecular weight excluding hydrogens is 324 g/mol. The number of piperidine rings is 1. The third-order valence-corrected chi connectivity index (χ3v) is 4.26. The largest absolute Gasteiger partial charge is 0.478 e. The van der Waals surface area contributed by atoms with Crippen LogP contribution in [0.2, 0.25) is 0 Å². The summed E-state index contributed by atoms with van der Waals surface area (Å²) >= 11 is 3.29. The second kappa shape index (κ2) is 5.93. The average Bonchev–Trinajstić information content (AvgIpc) is 2.41. The molecule has 20 heavy (non-hydrogen) atoms. The van der Waals surface area contributed by atoms with Gasteiger partial charge in [0.25, 0.3) is 0 Å². The van der Waals surface area contributed by atoms with Crippen molar-refractivity contribution in [1.82, 2.24) is 5.32 Å². The molecule has 3 N–H and O–H groups in total. The molecule has 1 atom stereocenters. The molecule has 0 aromatic heterocycles. The van der Waals surface area contributed by atoms with E-state index in [-0.39, 0.29) is 11.5 Å². The number of aromatic carboxylic acids is 1. The lowest BCUT2D eigenvalue weighted by Gasteiger charge is -2.33. The predicted molar refractivity (Wildman–Crippen MR) is 80.0 cm³/mol. The van der Waals surface area contributed by atoms with Gasteiger partial charge in [0, 0.05) is 4.47 Å². The highest BCUT2D eigenvalue weighted by molar-refractivity contribution is 9.10. The summed E-state index contributed by atoms with van der Waals surface area (Å²) in [5.41, 5.74) is -0.269. The summed E-state index contributed by atoms with van der Waals surface area (Å²) in [7, 11) is 0. The normalized spacial score (nSPS) is 22.3. The van der Waals surface area contributed by atoms with E-state index in [1.807, 2.05) is 6.92 Å². The fraction of sp³-hybridized carbons (Fsp3) is 0.429. The van der Waals surface area contributed by atoms with Gasteiger partial charge in [0.15, 0.2) is 0 Å². The van der Waals surface area contributed by atoms with E-state index in [0.717, 1.165) is 25.8 Å². The molecule has 0 bridgehead atoms. The molecule has 108 valence electrons. The SMILES string of the molecule is CC1(C(=O)Nc2c(Br)cccc2C(=O)O)CCCCN1. The molecule has 0 radical (unpaired) electrons. The Morgan fingerprint density at radius 1 is 1.40 bits per heavy atom. The number of halogens is 1. The van der Waals surface area contributed by atoms with Crippen molar-refractivity contribution in [3.63, 3.8) is 0 Å². The molecule has 1 aromatic carbocycles. The first-order valence-corrected chi connectivity index (χ1v) is 7.31. The van der Waals surface area contributed by atoms with Crippen LogP contribution in [0.25, 0.3) is 0 Å². The van der Waals surface area contributed by atoms with Crippen molar-refractivity contribution in [3.05, 3.63) is 28.2 Å². The van der Waals surface area contributed by atoms with Crippen LogP contribution in [0.1, 0.15) is 36.5 Å². The fourth-order valence-corrected chi connectivity index (χ4v) is 2.80. The van der Waals surface area contributed by atoms with Crippen molar-refractivity contribution in [2.24, 2.45) is 0 Å². The highest BCUT2D eigenvalue weighted by Crippen LogP contribution is 2.28. The van der Waals surface area contributed by atoms with Crippen LogP contribution in [0, 0.1) is 0 Å². The summed E-state index contributed by atoms with van der Waals surface area (Å²) in [4.78, 5) is 23.7. The fourth-order valence-electron chi connectivity index (χ4n) is 2.33. The predicted octanol–water partition coefficient (Wildman–Crippen LogP) is 2.62. The molecule has 2 rings (SSSR count). The van der Waals surface area contributed by atoms with Crippen LogP contribution in [-0.2, 0) is 4.79 Å². The number of benzene rings is 1. The number of carboxylic acids is 1. The van der Waals surface area contributed by atoms with Gasteiger partial charge in [-0.15, -0.1) is 0 Å². The molecule has 1 heterocycles. The summed E-state index contributed by atoms with van der Waals surface area (Å²) in [5, 5.41) is 15.1. The molecule has 5 nitrogen and oxygen atoms in total. The van der Waals surface area contributed by atoms with Gasteiger partial charge in [-0.2, -0.15) is 0 Å². The van der Waals surface area contributed by atoms with Crippen molar-refractivity contribution < 1.29 is 14.7 Å². The van der Waals surface area contributed by atoms with Crippen LogP contribution in [-0.4, -0.2) is 29.1 Å². The molecule has 0 aliphatic carbocycles. The molecule has 1 aliphatic heterocycles. The zero-order valence-corrected chi connectivity index (χ0v) is 12.8. The first-order valence-electron chi connectivity index (χ1n) is 6.52. The number of carbonyl (C=O) groups excluding carboxylic acids is 1. The van der Waals surface area contributed by atoms with Crippen molar-refractivity contribution in [2.75, 3.05) is 11.9 Å². The second-order valence-corrected chi connectivity index (χ2v) is 5.99. The number of anilines is 1. The topological polar surface area (TPSA) is 78.4 Å². The van der Waals surface area contributed by atoms with Crippen LogP contribution in [0.15, 0.2) is 22.7 Å². The maximum absolute atomic E-state index is 12.4. The lowest BCUT2D eigenvalue weighted by atomic mass is 9.90. The Morgan fingerprint density at radius 3 is 2.75 bits per heavy atom.